The van der Waals surface area contributed by atoms with Crippen molar-refractivity contribution in [3.05, 3.63) is 82.9 Å². The summed E-state index contributed by atoms with van der Waals surface area (Å²) in [5.74, 6) is -0.131. The molecule has 0 fully saturated rings. The van der Waals surface area contributed by atoms with Gasteiger partial charge in [-0.1, -0.05) is 41.9 Å². The number of amides is 1. The number of hydrogen-bond acceptors (Lipinski definition) is 4. The zero-order valence-corrected chi connectivity index (χ0v) is 18.0. The van der Waals surface area contributed by atoms with Crippen molar-refractivity contribution in [2.75, 3.05) is 16.6 Å². The number of nitrogens with one attached hydrogen (secondary N) is 2. The van der Waals surface area contributed by atoms with E-state index in [2.05, 4.69) is 10.0 Å². The molecule has 0 aliphatic heterocycles. The van der Waals surface area contributed by atoms with Gasteiger partial charge in [-0.05, 0) is 61.4 Å². The highest BCUT2D eigenvalue weighted by Crippen LogP contribution is 2.28. The SMILES string of the molecule is Cc1ccc(C)c(NC(=O)COc2ccc(S(=O)(=O)Nc3ccccc3)cc2Cl)c1. The number of aryl methyl sites for hydroxylation is 2. The van der Waals surface area contributed by atoms with Crippen molar-refractivity contribution in [1.29, 1.82) is 0 Å². The van der Waals surface area contributed by atoms with Gasteiger partial charge in [0, 0.05) is 11.4 Å². The van der Waals surface area contributed by atoms with Crippen LogP contribution in [-0.4, -0.2) is 20.9 Å². The van der Waals surface area contributed by atoms with Gasteiger partial charge in [-0.3, -0.25) is 9.52 Å². The fourth-order valence-corrected chi connectivity index (χ4v) is 4.07. The fraction of sp³-hybridized carbons (Fsp3) is 0.136. The summed E-state index contributed by atoms with van der Waals surface area (Å²) in [6, 6.07) is 18.4. The second kappa shape index (κ2) is 9.19. The fourth-order valence-electron chi connectivity index (χ4n) is 2.69. The minimum Gasteiger partial charge on any atom is -0.482 e. The number of benzene rings is 3. The molecule has 0 saturated carbocycles. The summed E-state index contributed by atoms with van der Waals surface area (Å²) in [4.78, 5) is 12.2. The molecule has 3 rings (SSSR count). The first-order chi connectivity index (χ1) is 14.2. The molecular weight excluding hydrogens is 424 g/mol. The Balaban J connectivity index is 1.65. The summed E-state index contributed by atoms with van der Waals surface area (Å²) < 4.78 is 33.0. The highest BCUT2D eigenvalue weighted by molar-refractivity contribution is 7.92. The molecule has 0 aliphatic carbocycles. The van der Waals surface area contributed by atoms with E-state index in [4.69, 9.17) is 16.3 Å². The number of halogens is 1. The van der Waals surface area contributed by atoms with Gasteiger partial charge >= 0.3 is 0 Å². The summed E-state index contributed by atoms with van der Waals surface area (Å²) in [5, 5.41) is 2.88. The standard InChI is InChI=1S/C22H21ClN2O4S/c1-15-8-9-16(2)20(12-15)24-22(26)14-29-21-11-10-18(13-19(21)23)30(27,28)25-17-6-4-3-5-7-17/h3-13,25H,14H2,1-2H3,(H,24,26). The van der Waals surface area contributed by atoms with Gasteiger partial charge in [-0.15, -0.1) is 0 Å². The van der Waals surface area contributed by atoms with Crippen LogP contribution in [0.15, 0.2) is 71.6 Å². The molecule has 0 aromatic heterocycles. The normalized spacial score (nSPS) is 11.0. The van der Waals surface area contributed by atoms with E-state index >= 15 is 0 Å². The zero-order valence-electron chi connectivity index (χ0n) is 16.5. The molecule has 0 saturated heterocycles. The molecule has 0 atom stereocenters. The highest BCUT2D eigenvalue weighted by atomic mass is 35.5. The quantitative estimate of drug-likeness (QED) is 0.549. The first-order valence-electron chi connectivity index (χ1n) is 9.12. The second-order valence-corrected chi connectivity index (χ2v) is 8.81. The molecule has 3 aromatic rings. The number of anilines is 2. The largest absolute Gasteiger partial charge is 0.482 e. The van der Waals surface area contributed by atoms with Crippen LogP contribution in [0, 0.1) is 13.8 Å². The molecule has 0 unspecified atom stereocenters. The minimum atomic E-state index is -3.80. The van der Waals surface area contributed by atoms with Crippen LogP contribution < -0.4 is 14.8 Å². The average molecular weight is 445 g/mol. The molecule has 2 N–H and O–H groups in total. The van der Waals surface area contributed by atoms with Crippen LogP contribution in [0.4, 0.5) is 11.4 Å². The number of sulfonamides is 1. The Labute approximate surface area is 180 Å². The van der Waals surface area contributed by atoms with Crippen molar-refractivity contribution in [3.63, 3.8) is 0 Å². The summed E-state index contributed by atoms with van der Waals surface area (Å²) >= 11 is 6.18. The third-order valence-corrected chi connectivity index (χ3v) is 5.94. The maximum absolute atomic E-state index is 12.5. The van der Waals surface area contributed by atoms with E-state index in [9.17, 15) is 13.2 Å². The second-order valence-electron chi connectivity index (χ2n) is 6.72. The van der Waals surface area contributed by atoms with Crippen LogP contribution in [0.5, 0.6) is 5.75 Å². The molecule has 0 spiro atoms. The van der Waals surface area contributed by atoms with Crippen molar-refractivity contribution in [1.82, 2.24) is 0 Å². The van der Waals surface area contributed by atoms with E-state index in [1.54, 1.807) is 30.3 Å². The van der Waals surface area contributed by atoms with E-state index in [1.165, 1.54) is 18.2 Å². The van der Waals surface area contributed by atoms with Crippen molar-refractivity contribution in [3.8, 4) is 5.75 Å². The van der Waals surface area contributed by atoms with Crippen molar-refractivity contribution in [2.24, 2.45) is 0 Å². The van der Waals surface area contributed by atoms with Crippen molar-refractivity contribution < 1.29 is 17.9 Å². The first-order valence-corrected chi connectivity index (χ1v) is 11.0. The van der Waals surface area contributed by atoms with E-state index < -0.39 is 10.0 Å². The van der Waals surface area contributed by atoms with Crippen molar-refractivity contribution in [2.45, 2.75) is 18.7 Å². The third kappa shape index (κ3) is 5.52. The van der Waals surface area contributed by atoms with Gasteiger partial charge in [0.25, 0.3) is 15.9 Å². The Morgan fingerprint density at radius 1 is 1.00 bits per heavy atom. The smallest absolute Gasteiger partial charge is 0.262 e. The highest BCUT2D eigenvalue weighted by Gasteiger charge is 2.17. The molecular formula is C22H21ClN2O4S. The third-order valence-electron chi connectivity index (χ3n) is 4.27. The van der Waals surface area contributed by atoms with Crippen LogP contribution in [0.25, 0.3) is 0 Å². The van der Waals surface area contributed by atoms with Crippen LogP contribution in [0.3, 0.4) is 0 Å². The maximum atomic E-state index is 12.5. The van der Waals surface area contributed by atoms with Gasteiger partial charge in [-0.2, -0.15) is 0 Å². The Kier molecular flexibility index (Phi) is 6.64. The van der Waals surface area contributed by atoms with Gasteiger partial charge in [0.05, 0.1) is 9.92 Å². The lowest BCUT2D eigenvalue weighted by atomic mass is 10.1. The number of rotatable bonds is 7. The van der Waals surface area contributed by atoms with Gasteiger partial charge in [0.2, 0.25) is 0 Å². The summed E-state index contributed by atoms with van der Waals surface area (Å²) in [5.41, 5.74) is 3.12. The molecule has 8 heteroatoms. The minimum absolute atomic E-state index is 0.0106. The predicted molar refractivity (Wildman–Crippen MR) is 119 cm³/mol. The van der Waals surface area contributed by atoms with Crippen LogP contribution >= 0.6 is 11.6 Å². The Morgan fingerprint density at radius 2 is 1.73 bits per heavy atom. The molecule has 30 heavy (non-hydrogen) atoms. The summed E-state index contributed by atoms with van der Waals surface area (Å²) in [7, 11) is -3.80. The van der Waals surface area contributed by atoms with Crippen LogP contribution in [0.2, 0.25) is 5.02 Å². The number of ether oxygens (including phenoxy) is 1. The number of carbonyl (C=O) groups is 1. The molecule has 1 amide bonds. The van der Waals surface area contributed by atoms with Crippen LogP contribution in [0.1, 0.15) is 11.1 Å². The summed E-state index contributed by atoms with van der Waals surface area (Å²) in [6.07, 6.45) is 0. The van der Waals surface area contributed by atoms with Gasteiger partial charge < -0.3 is 10.1 Å². The lowest BCUT2D eigenvalue weighted by Gasteiger charge is -2.12. The number of hydrogen-bond donors (Lipinski definition) is 2. The topological polar surface area (TPSA) is 84.5 Å². The molecule has 156 valence electrons. The monoisotopic (exact) mass is 444 g/mol. The van der Waals surface area contributed by atoms with E-state index in [-0.39, 0.29) is 28.2 Å². The molecule has 0 radical (unpaired) electrons. The zero-order chi connectivity index (χ0) is 21.7. The predicted octanol–water partition coefficient (Wildman–Crippen LogP) is 4.78. The molecule has 6 nitrogen and oxygen atoms in total. The number of para-hydroxylation sites is 1. The van der Waals surface area contributed by atoms with E-state index in [0.717, 1.165) is 11.1 Å². The number of carbonyl (C=O) groups excluding carboxylic acids is 1. The van der Waals surface area contributed by atoms with Gasteiger partial charge in [0.15, 0.2) is 6.61 Å². The first kappa shape index (κ1) is 21.7. The summed E-state index contributed by atoms with van der Waals surface area (Å²) in [6.45, 7) is 3.57. The lowest BCUT2D eigenvalue weighted by Crippen LogP contribution is -2.21. The Morgan fingerprint density at radius 3 is 2.43 bits per heavy atom. The molecule has 0 aliphatic rings. The van der Waals surface area contributed by atoms with Gasteiger partial charge in [0.1, 0.15) is 5.75 Å². The van der Waals surface area contributed by atoms with Gasteiger partial charge in [-0.25, -0.2) is 8.42 Å². The van der Waals surface area contributed by atoms with Crippen LogP contribution in [-0.2, 0) is 14.8 Å². The maximum Gasteiger partial charge on any atom is 0.262 e. The molecule has 0 bridgehead atoms. The van der Waals surface area contributed by atoms with E-state index in [0.29, 0.717) is 11.4 Å². The van der Waals surface area contributed by atoms with Crippen molar-refractivity contribution >= 4 is 38.9 Å². The Hall–Kier alpha value is -3.03. The Bertz CT molecular complexity index is 1170. The molecule has 3 aromatic carbocycles. The lowest BCUT2D eigenvalue weighted by molar-refractivity contribution is -0.118. The molecule has 0 heterocycles. The van der Waals surface area contributed by atoms with E-state index in [1.807, 2.05) is 32.0 Å². The average Bonchev–Trinajstić information content (AvgIpc) is 2.70.